The van der Waals surface area contributed by atoms with E-state index in [4.69, 9.17) is 46.4 Å². The molecule has 0 aromatic rings. The van der Waals surface area contributed by atoms with E-state index in [2.05, 4.69) is 0 Å². The van der Waals surface area contributed by atoms with Gasteiger partial charge < -0.3 is 0 Å². The standard InChI is InChI=1S/C2H2Cl4.H/c3-1(4)2(5)6;/h1-2H;/i;1+2. The van der Waals surface area contributed by atoms with Gasteiger partial charge in [-0.2, -0.15) is 0 Å². The van der Waals surface area contributed by atoms with E-state index in [9.17, 15) is 0 Å². The quantitative estimate of drug-likeness (QED) is 0.532. The Balaban J connectivity index is 0. The summed E-state index contributed by atoms with van der Waals surface area (Å²) in [4.78, 5) is -1.35. The highest BCUT2D eigenvalue weighted by Gasteiger charge is 2.06. The van der Waals surface area contributed by atoms with E-state index in [-0.39, 0.29) is 1.43 Å². The molecule has 0 rings (SSSR count). The lowest BCUT2D eigenvalue weighted by molar-refractivity contribution is 1.29. The summed E-state index contributed by atoms with van der Waals surface area (Å²) in [5.74, 6) is 0. The molecule has 0 saturated heterocycles. The molecule has 0 heterocycles. The van der Waals surface area contributed by atoms with Crippen molar-refractivity contribution >= 4 is 46.4 Å². The Morgan fingerprint density at radius 3 is 1.00 bits per heavy atom. The van der Waals surface area contributed by atoms with Crippen LogP contribution in [0.1, 0.15) is 1.43 Å². The van der Waals surface area contributed by atoms with Crippen LogP contribution in [0.15, 0.2) is 0 Å². The van der Waals surface area contributed by atoms with Crippen molar-refractivity contribution in [3.63, 3.8) is 0 Å². The average molecular weight is 171 g/mol. The molecule has 4 heteroatoms. The fraction of sp³-hybridized carbons (Fsp3) is 1.00. The van der Waals surface area contributed by atoms with Crippen molar-refractivity contribution in [2.75, 3.05) is 0 Å². The SMILES string of the molecule is ClC(Cl)C(Cl)Cl.[3H]. The lowest BCUT2D eigenvalue weighted by Crippen LogP contribution is -1.96. The van der Waals surface area contributed by atoms with Crippen LogP contribution in [0.25, 0.3) is 0 Å². The number of hydrogen-bond acceptors (Lipinski definition) is 0. The summed E-state index contributed by atoms with van der Waals surface area (Å²) in [6.45, 7) is 0. The van der Waals surface area contributed by atoms with E-state index < -0.39 is 9.67 Å². The van der Waals surface area contributed by atoms with E-state index in [0.29, 0.717) is 0 Å². The molecule has 0 fully saturated rings. The molecule has 0 aliphatic rings. The first-order valence-electron chi connectivity index (χ1n) is 1.21. The first-order chi connectivity index (χ1) is 2.64. The molecule has 0 saturated carbocycles. The molecule has 0 N–H and O–H groups in total. The molecular weight excluding hydrogens is 166 g/mol. The highest BCUT2D eigenvalue weighted by atomic mass is 35.5. The smallest absolute Gasteiger partial charge is 0.102 e. The summed E-state index contributed by atoms with van der Waals surface area (Å²) in [6.07, 6.45) is 0. The van der Waals surface area contributed by atoms with Crippen molar-refractivity contribution < 1.29 is 1.43 Å². The Morgan fingerprint density at radius 2 is 1.00 bits per heavy atom. The Labute approximate surface area is 57.8 Å². The Morgan fingerprint density at radius 1 is 0.833 bits per heavy atom. The lowest BCUT2D eigenvalue weighted by Gasteiger charge is -1.95. The third-order valence-electron chi connectivity index (χ3n) is 0.190. The Hall–Kier alpha value is 1.16. The molecule has 0 atom stereocenters. The van der Waals surface area contributed by atoms with Crippen LogP contribution in [0.2, 0.25) is 0 Å². The molecule has 0 amide bonds. The van der Waals surface area contributed by atoms with E-state index in [1.807, 2.05) is 0 Å². The van der Waals surface area contributed by atoms with Gasteiger partial charge in [0.2, 0.25) is 0 Å². The minimum Gasteiger partial charge on any atom is -0.102 e. The molecule has 0 bridgehead atoms. The van der Waals surface area contributed by atoms with Gasteiger partial charge >= 0.3 is 0 Å². The number of halogens is 4. The van der Waals surface area contributed by atoms with Crippen LogP contribution in [0.4, 0.5) is 0 Å². The Bertz CT molecular complexity index is 30.7. The van der Waals surface area contributed by atoms with Crippen LogP contribution in [-0.2, 0) is 0 Å². The maximum Gasteiger partial charge on any atom is 0.137 e. The van der Waals surface area contributed by atoms with Gasteiger partial charge in [0.1, 0.15) is 9.67 Å². The van der Waals surface area contributed by atoms with Gasteiger partial charge in [-0.05, 0) is 0 Å². The maximum atomic E-state index is 5.11. The predicted molar refractivity (Wildman–Crippen MR) is 32.1 cm³/mol. The fourth-order valence-electron chi connectivity index (χ4n) is 0. The van der Waals surface area contributed by atoms with Gasteiger partial charge in [0, 0.05) is 1.43 Å². The molecule has 6 heavy (non-hydrogen) atoms. The van der Waals surface area contributed by atoms with Gasteiger partial charge in [-0.1, -0.05) is 0 Å². The summed E-state index contributed by atoms with van der Waals surface area (Å²) in [5, 5.41) is 0. The first kappa shape index (κ1) is 7.16. The van der Waals surface area contributed by atoms with Crippen LogP contribution in [0, 0.1) is 0 Å². The molecule has 0 aliphatic carbocycles. The van der Waals surface area contributed by atoms with Crippen LogP contribution in [-0.4, -0.2) is 9.67 Å². The van der Waals surface area contributed by atoms with Crippen molar-refractivity contribution in [3.8, 4) is 0 Å². The lowest BCUT2D eigenvalue weighted by atomic mass is 10.9. The average Bonchev–Trinajstić information content (AvgIpc) is 1.36. The van der Waals surface area contributed by atoms with Gasteiger partial charge in [0.25, 0.3) is 0 Å². The van der Waals surface area contributed by atoms with Crippen LogP contribution >= 0.6 is 46.4 Å². The highest BCUT2D eigenvalue weighted by molar-refractivity contribution is 6.56. The normalized spacial score (nSPS) is 11.0. The summed E-state index contributed by atoms with van der Waals surface area (Å²) in [6, 6.07) is 0. The third-order valence-corrected chi connectivity index (χ3v) is 1.71. The summed E-state index contributed by atoms with van der Waals surface area (Å²) < 4.78 is 0. The topological polar surface area (TPSA) is 0 Å². The maximum absolute atomic E-state index is 5.11. The predicted octanol–water partition coefficient (Wildman–Crippen LogP) is 2.71. The van der Waals surface area contributed by atoms with Crippen LogP contribution < -0.4 is 0 Å². The minimum atomic E-state index is -0.673. The van der Waals surface area contributed by atoms with Gasteiger partial charge in [-0.25, -0.2) is 0 Å². The third kappa shape index (κ3) is 3.35. The Kier molecular flexibility index (Phi) is 3.82. The second-order valence-electron chi connectivity index (χ2n) is 0.669. The molecule has 0 aromatic carbocycles. The zero-order valence-electron chi connectivity index (χ0n) is 3.67. The van der Waals surface area contributed by atoms with E-state index >= 15 is 0 Å². The van der Waals surface area contributed by atoms with E-state index in [1.54, 1.807) is 0 Å². The molecule has 0 nitrogen and oxygen atoms in total. The molecular formula is C2H3Cl4. The van der Waals surface area contributed by atoms with Crippen molar-refractivity contribution in [2.24, 2.45) is 0 Å². The van der Waals surface area contributed by atoms with Gasteiger partial charge in [0.15, 0.2) is 0 Å². The zero-order chi connectivity index (χ0) is 5.15. The number of rotatable bonds is 1. The van der Waals surface area contributed by atoms with Crippen molar-refractivity contribution in [3.05, 3.63) is 0 Å². The summed E-state index contributed by atoms with van der Waals surface area (Å²) in [7, 11) is 0. The number of hydrogen-bond donors (Lipinski definition) is 0. The molecule has 0 spiro atoms. The van der Waals surface area contributed by atoms with Gasteiger partial charge in [0.05, 0.1) is 0 Å². The number of alkyl halides is 4. The van der Waals surface area contributed by atoms with E-state index in [1.165, 1.54) is 0 Å². The fourth-order valence-corrected chi connectivity index (χ4v) is 0. The second-order valence-corrected chi connectivity index (χ2v) is 3.00. The minimum absolute atomic E-state index is 0. The molecule has 39 valence electrons. The zero-order valence-corrected chi connectivity index (χ0v) is 5.69. The summed E-state index contributed by atoms with van der Waals surface area (Å²) in [5.41, 5.74) is 0. The molecule has 1 radical (unpaired) electrons. The molecule has 0 aromatic heterocycles. The van der Waals surface area contributed by atoms with Crippen molar-refractivity contribution in [1.82, 2.24) is 0 Å². The molecule has 0 aliphatic heterocycles. The van der Waals surface area contributed by atoms with Crippen molar-refractivity contribution in [2.45, 2.75) is 9.67 Å². The monoisotopic (exact) mass is 169 g/mol. The summed E-state index contributed by atoms with van der Waals surface area (Å²) >= 11 is 20.5. The van der Waals surface area contributed by atoms with Gasteiger partial charge in [-0.3, -0.25) is 0 Å². The second kappa shape index (κ2) is 3.20. The van der Waals surface area contributed by atoms with Crippen molar-refractivity contribution in [1.29, 1.82) is 0 Å². The van der Waals surface area contributed by atoms with Gasteiger partial charge in [-0.15, -0.1) is 46.4 Å². The highest BCUT2D eigenvalue weighted by Crippen LogP contribution is 2.16. The van der Waals surface area contributed by atoms with Crippen LogP contribution in [0.3, 0.4) is 0 Å². The largest absolute Gasteiger partial charge is 0.137 e. The first-order valence-corrected chi connectivity index (χ1v) is 2.95. The molecule has 0 unspecified atom stereocenters. The van der Waals surface area contributed by atoms with E-state index in [0.717, 1.165) is 0 Å². The van der Waals surface area contributed by atoms with Crippen LogP contribution in [0.5, 0.6) is 0 Å².